The van der Waals surface area contributed by atoms with E-state index in [0.29, 0.717) is 16.8 Å². The fourth-order valence-corrected chi connectivity index (χ4v) is 3.30. The zero-order chi connectivity index (χ0) is 15.4. The van der Waals surface area contributed by atoms with Crippen molar-refractivity contribution in [2.45, 2.75) is 32.7 Å². The lowest BCUT2D eigenvalue weighted by Gasteiger charge is -2.33. The Hall–Kier alpha value is -1.47. The molecule has 0 radical (unpaired) electrons. The van der Waals surface area contributed by atoms with Crippen LogP contribution in [0, 0.1) is 16.0 Å². The molecule has 2 rings (SSSR count). The number of hydrogen-bond donors (Lipinski definition) is 1. The van der Waals surface area contributed by atoms with Gasteiger partial charge in [0.25, 0.3) is 5.91 Å². The van der Waals surface area contributed by atoms with Gasteiger partial charge in [0.2, 0.25) is 0 Å². The number of rotatable bonds is 5. The number of nitrogens with zero attached hydrogens (tertiary/aromatic N) is 2. The van der Waals surface area contributed by atoms with Crippen LogP contribution in [0.25, 0.3) is 0 Å². The first kappa shape index (κ1) is 15.9. The van der Waals surface area contributed by atoms with Crippen LogP contribution in [-0.4, -0.2) is 41.4 Å². The Balaban J connectivity index is 1.96. The lowest BCUT2D eigenvalue weighted by atomic mass is 9.97. The van der Waals surface area contributed by atoms with E-state index < -0.39 is 4.92 Å². The number of carbonyl (C=O) groups is 1. The average Bonchev–Trinajstić information content (AvgIpc) is 2.94. The predicted molar refractivity (Wildman–Crippen MR) is 82.7 cm³/mol. The monoisotopic (exact) mass is 311 g/mol. The van der Waals surface area contributed by atoms with Gasteiger partial charge in [-0.3, -0.25) is 14.9 Å². The minimum absolute atomic E-state index is 0.0217. The van der Waals surface area contributed by atoms with Crippen molar-refractivity contribution in [3.05, 3.63) is 27.1 Å². The van der Waals surface area contributed by atoms with Gasteiger partial charge < -0.3 is 10.2 Å². The smallest absolute Gasteiger partial charge is 0.324 e. The largest absolute Gasteiger partial charge is 0.338 e. The summed E-state index contributed by atoms with van der Waals surface area (Å²) in [6.45, 7) is 6.59. The molecule has 116 valence electrons. The fourth-order valence-electron chi connectivity index (χ4n) is 2.52. The van der Waals surface area contributed by atoms with Crippen molar-refractivity contribution in [1.29, 1.82) is 0 Å². The minimum Gasteiger partial charge on any atom is -0.338 e. The summed E-state index contributed by atoms with van der Waals surface area (Å²) in [5, 5.41) is 14.1. The van der Waals surface area contributed by atoms with Gasteiger partial charge in [-0.2, -0.15) is 0 Å². The molecule has 1 N–H and O–H groups in total. The van der Waals surface area contributed by atoms with E-state index in [1.807, 2.05) is 4.90 Å². The molecular formula is C14H21N3O3S. The van der Waals surface area contributed by atoms with E-state index in [4.69, 9.17) is 0 Å². The first-order chi connectivity index (χ1) is 9.97. The van der Waals surface area contributed by atoms with E-state index in [1.165, 1.54) is 6.07 Å². The molecular weight excluding hydrogens is 290 g/mol. The normalized spacial score (nSPS) is 19.0. The Kier molecular flexibility index (Phi) is 5.30. The van der Waals surface area contributed by atoms with E-state index in [0.717, 1.165) is 43.8 Å². The number of piperidine rings is 1. The van der Waals surface area contributed by atoms with Crippen molar-refractivity contribution in [1.82, 2.24) is 10.2 Å². The minimum atomic E-state index is -0.451. The number of hydrogen-bond acceptors (Lipinski definition) is 5. The molecule has 1 saturated heterocycles. The molecule has 7 heteroatoms. The maximum atomic E-state index is 12.4. The second-order valence-corrected chi connectivity index (χ2v) is 6.78. The zero-order valence-electron chi connectivity index (χ0n) is 12.4. The van der Waals surface area contributed by atoms with Gasteiger partial charge >= 0.3 is 5.00 Å². The van der Waals surface area contributed by atoms with Crippen LogP contribution in [0.15, 0.2) is 12.1 Å². The molecule has 1 unspecified atom stereocenters. The van der Waals surface area contributed by atoms with Crippen molar-refractivity contribution in [3.8, 4) is 0 Å². The second kappa shape index (κ2) is 7.00. The summed E-state index contributed by atoms with van der Waals surface area (Å²) in [7, 11) is 0. The lowest BCUT2D eigenvalue weighted by molar-refractivity contribution is -0.380. The molecule has 1 aromatic rings. The number of thiophene rings is 1. The maximum absolute atomic E-state index is 12.4. The first-order valence-corrected chi connectivity index (χ1v) is 8.06. The number of carbonyl (C=O) groups excluding carboxylic acids is 1. The van der Waals surface area contributed by atoms with Gasteiger partial charge in [0.1, 0.15) is 0 Å². The van der Waals surface area contributed by atoms with Crippen LogP contribution in [0.5, 0.6) is 0 Å². The summed E-state index contributed by atoms with van der Waals surface area (Å²) in [5.41, 5.74) is 0. The topological polar surface area (TPSA) is 75.5 Å². The number of likely N-dealkylation sites (tertiary alicyclic amines) is 1. The van der Waals surface area contributed by atoms with E-state index in [-0.39, 0.29) is 10.9 Å². The molecule has 0 saturated carbocycles. The SMILES string of the molecule is CC(C)NCC1CCCN(C(=O)c2ccc([N+](=O)[O-])s2)C1. The quantitative estimate of drug-likeness (QED) is 0.669. The maximum Gasteiger partial charge on any atom is 0.324 e. The van der Waals surface area contributed by atoms with E-state index in [1.54, 1.807) is 6.07 Å². The highest BCUT2D eigenvalue weighted by Gasteiger charge is 2.26. The zero-order valence-corrected chi connectivity index (χ0v) is 13.2. The highest BCUT2D eigenvalue weighted by molar-refractivity contribution is 7.17. The van der Waals surface area contributed by atoms with Crippen LogP contribution < -0.4 is 5.32 Å². The van der Waals surface area contributed by atoms with Crippen LogP contribution >= 0.6 is 11.3 Å². The van der Waals surface area contributed by atoms with Gasteiger partial charge in [0.05, 0.1) is 9.80 Å². The van der Waals surface area contributed by atoms with Crippen molar-refractivity contribution in [2.24, 2.45) is 5.92 Å². The van der Waals surface area contributed by atoms with Gasteiger partial charge in [-0.15, -0.1) is 0 Å². The van der Waals surface area contributed by atoms with Gasteiger partial charge in [0.15, 0.2) is 0 Å². The summed E-state index contributed by atoms with van der Waals surface area (Å²) >= 11 is 0.956. The van der Waals surface area contributed by atoms with Crippen LogP contribution in [0.1, 0.15) is 36.4 Å². The van der Waals surface area contributed by atoms with Crippen molar-refractivity contribution < 1.29 is 9.72 Å². The van der Waals surface area contributed by atoms with Crippen molar-refractivity contribution in [2.75, 3.05) is 19.6 Å². The summed E-state index contributed by atoms with van der Waals surface area (Å²) in [6, 6.07) is 3.40. The molecule has 2 heterocycles. The predicted octanol–water partition coefficient (Wildman–Crippen LogP) is 2.51. The highest BCUT2D eigenvalue weighted by atomic mass is 32.1. The second-order valence-electron chi connectivity index (χ2n) is 5.72. The number of amides is 1. The number of nitro groups is 1. The molecule has 1 fully saturated rings. The number of nitrogens with one attached hydrogen (secondary N) is 1. The summed E-state index contributed by atoms with van der Waals surface area (Å²) in [5.74, 6) is 0.377. The fraction of sp³-hybridized carbons (Fsp3) is 0.643. The van der Waals surface area contributed by atoms with Crippen LogP contribution in [0.3, 0.4) is 0 Å². The lowest BCUT2D eigenvalue weighted by Crippen LogP contribution is -2.43. The molecule has 1 aliphatic heterocycles. The molecule has 0 aliphatic carbocycles. The standard InChI is InChI=1S/C14H21N3O3S/c1-10(2)15-8-11-4-3-7-16(9-11)14(18)12-5-6-13(21-12)17(19)20/h5-6,10-11,15H,3-4,7-9H2,1-2H3. The Morgan fingerprint density at radius 3 is 2.95 bits per heavy atom. The molecule has 6 nitrogen and oxygen atoms in total. The van der Waals surface area contributed by atoms with Gasteiger partial charge in [-0.1, -0.05) is 25.2 Å². The van der Waals surface area contributed by atoms with Crippen molar-refractivity contribution >= 4 is 22.2 Å². The Morgan fingerprint density at radius 2 is 2.33 bits per heavy atom. The Labute approximate surface area is 128 Å². The molecule has 21 heavy (non-hydrogen) atoms. The van der Waals surface area contributed by atoms with Crippen LogP contribution in [-0.2, 0) is 0 Å². The third-order valence-corrected chi connectivity index (χ3v) is 4.63. The summed E-state index contributed by atoms with van der Waals surface area (Å²) in [6.07, 6.45) is 2.11. The molecule has 0 bridgehead atoms. The summed E-state index contributed by atoms with van der Waals surface area (Å²) < 4.78 is 0. The molecule has 0 spiro atoms. The van der Waals surface area contributed by atoms with Gasteiger partial charge in [-0.25, -0.2) is 0 Å². The Morgan fingerprint density at radius 1 is 1.57 bits per heavy atom. The Bertz CT molecular complexity index is 515. The summed E-state index contributed by atoms with van der Waals surface area (Å²) in [4.78, 5) is 24.9. The molecule has 1 atom stereocenters. The van der Waals surface area contributed by atoms with Gasteiger partial charge in [0, 0.05) is 25.2 Å². The third kappa shape index (κ3) is 4.25. The van der Waals surface area contributed by atoms with Crippen molar-refractivity contribution in [3.63, 3.8) is 0 Å². The van der Waals surface area contributed by atoms with E-state index >= 15 is 0 Å². The third-order valence-electron chi connectivity index (χ3n) is 3.60. The molecule has 1 aliphatic rings. The molecule has 1 aromatic heterocycles. The molecule has 0 aromatic carbocycles. The van der Waals surface area contributed by atoms with Crippen LogP contribution in [0.2, 0.25) is 0 Å². The first-order valence-electron chi connectivity index (χ1n) is 7.24. The average molecular weight is 311 g/mol. The van der Waals surface area contributed by atoms with E-state index in [2.05, 4.69) is 19.2 Å². The molecule has 1 amide bonds. The van der Waals surface area contributed by atoms with E-state index in [9.17, 15) is 14.9 Å². The highest BCUT2D eigenvalue weighted by Crippen LogP contribution is 2.26. The van der Waals surface area contributed by atoms with Gasteiger partial charge in [-0.05, 0) is 31.4 Å². The van der Waals surface area contributed by atoms with Crippen LogP contribution in [0.4, 0.5) is 5.00 Å².